The molecule has 0 bridgehead atoms. The summed E-state index contributed by atoms with van der Waals surface area (Å²) in [4.78, 5) is 0. The lowest BCUT2D eigenvalue weighted by Gasteiger charge is -2.37. The minimum absolute atomic E-state index is 0.469. The van der Waals surface area contributed by atoms with Gasteiger partial charge >= 0.3 is 0 Å². The first-order valence-corrected chi connectivity index (χ1v) is 8.34. The molecular formula is C19H31NO. The Labute approximate surface area is 130 Å². The van der Waals surface area contributed by atoms with Crippen molar-refractivity contribution >= 4 is 0 Å². The Morgan fingerprint density at radius 2 is 1.71 bits per heavy atom. The topological polar surface area (TPSA) is 21.3 Å². The monoisotopic (exact) mass is 289 g/mol. The second-order valence-electron chi connectivity index (χ2n) is 6.67. The van der Waals surface area contributed by atoms with Gasteiger partial charge in [-0.3, -0.25) is 0 Å². The third-order valence-corrected chi connectivity index (χ3v) is 5.28. The lowest BCUT2D eigenvalue weighted by molar-refractivity contribution is -0.0290. The summed E-state index contributed by atoms with van der Waals surface area (Å²) in [5.74, 6) is 0.804. The summed E-state index contributed by atoms with van der Waals surface area (Å²) in [7, 11) is 2.10. The van der Waals surface area contributed by atoms with E-state index < -0.39 is 0 Å². The average Bonchev–Trinajstić information content (AvgIpc) is 2.41. The second kappa shape index (κ2) is 6.93. The van der Waals surface area contributed by atoms with Crippen LogP contribution in [0.4, 0.5) is 0 Å². The molecule has 2 nitrogen and oxygen atoms in total. The van der Waals surface area contributed by atoms with Gasteiger partial charge in [0.1, 0.15) is 0 Å². The normalized spacial score (nSPS) is 23.0. The maximum atomic E-state index is 5.69. The molecule has 1 atom stereocenters. The Balaban J connectivity index is 2.12. The fraction of sp³-hybridized carbons (Fsp3) is 0.684. The minimum Gasteiger partial charge on any atom is -0.378 e. The third-order valence-electron chi connectivity index (χ3n) is 5.28. The Hall–Kier alpha value is -0.860. The van der Waals surface area contributed by atoms with Gasteiger partial charge in [-0.05, 0) is 94.7 Å². The van der Waals surface area contributed by atoms with Crippen LogP contribution in [-0.4, -0.2) is 19.8 Å². The Kier molecular flexibility index (Phi) is 5.45. The van der Waals surface area contributed by atoms with Crippen molar-refractivity contribution in [2.24, 2.45) is 5.92 Å². The number of aryl methyl sites for hydroxylation is 2. The summed E-state index contributed by atoms with van der Waals surface area (Å²) < 4.78 is 5.69. The minimum atomic E-state index is 0.469. The maximum absolute atomic E-state index is 5.69. The molecule has 1 N–H and O–H groups in total. The highest BCUT2D eigenvalue weighted by Gasteiger charge is 2.32. The quantitative estimate of drug-likeness (QED) is 0.839. The van der Waals surface area contributed by atoms with Crippen molar-refractivity contribution < 1.29 is 4.74 Å². The summed E-state index contributed by atoms with van der Waals surface area (Å²) in [5.41, 5.74) is 7.26. The number of rotatable bonds is 6. The van der Waals surface area contributed by atoms with E-state index in [0.29, 0.717) is 12.1 Å². The molecule has 0 saturated heterocycles. The van der Waals surface area contributed by atoms with Crippen LogP contribution in [0.25, 0.3) is 0 Å². The van der Waals surface area contributed by atoms with Crippen LogP contribution in [0.15, 0.2) is 6.07 Å². The number of nitrogens with one attached hydrogen (secondary N) is 1. The van der Waals surface area contributed by atoms with E-state index in [2.05, 4.69) is 53.0 Å². The predicted octanol–water partition coefficient (Wildman–Crippen LogP) is 4.39. The van der Waals surface area contributed by atoms with Gasteiger partial charge in [0.05, 0.1) is 6.10 Å². The van der Waals surface area contributed by atoms with Crippen LogP contribution >= 0.6 is 0 Å². The summed E-state index contributed by atoms with van der Waals surface area (Å²) in [5, 5.41) is 3.56. The summed E-state index contributed by atoms with van der Waals surface area (Å²) in [6, 6.07) is 2.78. The Morgan fingerprint density at radius 3 is 2.19 bits per heavy atom. The highest BCUT2D eigenvalue weighted by molar-refractivity contribution is 5.45. The first-order valence-electron chi connectivity index (χ1n) is 8.34. The lowest BCUT2D eigenvalue weighted by atomic mass is 9.76. The van der Waals surface area contributed by atoms with Crippen LogP contribution in [0.1, 0.15) is 60.0 Å². The molecule has 0 spiro atoms. The van der Waals surface area contributed by atoms with Crippen molar-refractivity contribution in [3.63, 3.8) is 0 Å². The van der Waals surface area contributed by atoms with Gasteiger partial charge in [-0.2, -0.15) is 0 Å². The fourth-order valence-corrected chi connectivity index (χ4v) is 3.72. The zero-order valence-electron chi connectivity index (χ0n) is 14.5. The molecule has 0 heterocycles. The molecule has 0 aliphatic heterocycles. The molecule has 118 valence electrons. The van der Waals surface area contributed by atoms with Crippen LogP contribution in [0.3, 0.4) is 0 Å². The van der Waals surface area contributed by atoms with E-state index in [0.717, 1.165) is 12.5 Å². The van der Waals surface area contributed by atoms with Gasteiger partial charge in [0.25, 0.3) is 0 Å². The molecule has 1 unspecified atom stereocenters. The molecule has 1 saturated carbocycles. The second-order valence-corrected chi connectivity index (χ2v) is 6.67. The molecule has 2 heteroatoms. The SMILES string of the molecule is CCOC1CC(CC(NC)c2c(C)c(C)cc(C)c2C)C1. The van der Waals surface area contributed by atoms with E-state index in [1.807, 2.05) is 0 Å². The van der Waals surface area contributed by atoms with E-state index in [-0.39, 0.29) is 0 Å². The van der Waals surface area contributed by atoms with E-state index >= 15 is 0 Å². The summed E-state index contributed by atoms with van der Waals surface area (Å²) in [6.07, 6.45) is 4.20. The molecule has 1 aliphatic carbocycles. The first-order chi connectivity index (χ1) is 9.97. The van der Waals surface area contributed by atoms with Crippen molar-refractivity contribution in [1.82, 2.24) is 5.32 Å². The standard InChI is InChI=1S/C19H31NO/c1-7-21-17-9-16(10-17)11-18(20-6)19-14(4)12(2)8-13(3)15(19)5/h8,16-18,20H,7,9-11H2,1-6H3. The van der Waals surface area contributed by atoms with Gasteiger partial charge in [0.2, 0.25) is 0 Å². The Bertz CT molecular complexity index is 463. The number of hydrogen-bond donors (Lipinski definition) is 1. The molecule has 0 aromatic heterocycles. The van der Waals surface area contributed by atoms with E-state index in [1.165, 1.54) is 47.1 Å². The van der Waals surface area contributed by atoms with E-state index in [9.17, 15) is 0 Å². The molecule has 0 amide bonds. The van der Waals surface area contributed by atoms with Gasteiger partial charge in [0, 0.05) is 12.6 Å². The van der Waals surface area contributed by atoms with Gasteiger partial charge in [-0.1, -0.05) is 6.07 Å². The molecule has 0 radical (unpaired) electrons. The summed E-state index contributed by atoms with van der Waals surface area (Å²) in [6.45, 7) is 11.9. The first kappa shape index (κ1) is 16.5. The van der Waals surface area contributed by atoms with Gasteiger partial charge in [-0.15, -0.1) is 0 Å². The van der Waals surface area contributed by atoms with Crippen molar-refractivity contribution in [3.05, 3.63) is 33.9 Å². The average molecular weight is 289 g/mol. The van der Waals surface area contributed by atoms with Gasteiger partial charge < -0.3 is 10.1 Å². The number of ether oxygens (including phenoxy) is 1. The van der Waals surface area contributed by atoms with Crippen molar-refractivity contribution in [2.45, 2.75) is 66.0 Å². The molecule has 21 heavy (non-hydrogen) atoms. The van der Waals surface area contributed by atoms with E-state index in [1.54, 1.807) is 0 Å². The molecule has 1 aliphatic rings. The Morgan fingerprint density at radius 1 is 1.14 bits per heavy atom. The zero-order chi connectivity index (χ0) is 15.6. The molecule has 2 rings (SSSR count). The van der Waals surface area contributed by atoms with Gasteiger partial charge in [0.15, 0.2) is 0 Å². The van der Waals surface area contributed by atoms with E-state index in [4.69, 9.17) is 4.74 Å². The van der Waals surface area contributed by atoms with Crippen molar-refractivity contribution in [3.8, 4) is 0 Å². The predicted molar refractivity (Wildman–Crippen MR) is 89.9 cm³/mol. The number of hydrogen-bond acceptors (Lipinski definition) is 2. The lowest BCUT2D eigenvalue weighted by Crippen LogP contribution is -2.34. The smallest absolute Gasteiger partial charge is 0.0580 e. The third kappa shape index (κ3) is 3.49. The zero-order valence-corrected chi connectivity index (χ0v) is 14.5. The van der Waals surface area contributed by atoms with Crippen LogP contribution < -0.4 is 5.32 Å². The number of benzene rings is 1. The highest BCUT2D eigenvalue weighted by atomic mass is 16.5. The summed E-state index contributed by atoms with van der Waals surface area (Å²) >= 11 is 0. The fourth-order valence-electron chi connectivity index (χ4n) is 3.72. The van der Waals surface area contributed by atoms with Crippen molar-refractivity contribution in [2.75, 3.05) is 13.7 Å². The largest absolute Gasteiger partial charge is 0.378 e. The van der Waals surface area contributed by atoms with Crippen LogP contribution in [-0.2, 0) is 4.74 Å². The van der Waals surface area contributed by atoms with Crippen molar-refractivity contribution in [1.29, 1.82) is 0 Å². The maximum Gasteiger partial charge on any atom is 0.0580 e. The highest BCUT2D eigenvalue weighted by Crippen LogP contribution is 2.39. The van der Waals surface area contributed by atoms with Crippen LogP contribution in [0.5, 0.6) is 0 Å². The van der Waals surface area contributed by atoms with Crippen LogP contribution in [0.2, 0.25) is 0 Å². The van der Waals surface area contributed by atoms with Gasteiger partial charge in [-0.25, -0.2) is 0 Å². The van der Waals surface area contributed by atoms with Crippen LogP contribution in [0, 0.1) is 33.6 Å². The molecule has 1 aromatic carbocycles. The molecular weight excluding hydrogens is 258 g/mol. The molecule has 1 fully saturated rings. The molecule has 1 aromatic rings.